The molecule has 0 fully saturated rings. The molecule has 2 atom stereocenters. The van der Waals surface area contributed by atoms with Gasteiger partial charge in [-0.3, -0.25) is 14.5 Å². The first-order valence-corrected chi connectivity index (χ1v) is 17.5. The molecule has 1 aliphatic carbocycles. The Bertz CT molecular complexity index is 2780. The highest BCUT2D eigenvalue weighted by Gasteiger charge is 2.38. The summed E-state index contributed by atoms with van der Waals surface area (Å²) in [6, 6.07) is 49.3. The summed E-state index contributed by atoms with van der Waals surface area (Å²) in [7, 11) is 0. The summed E-state index contributed by atoms with van der Waals surface area (Å²) in [5, 5.41) is 4.38. The second-order valence-corrected chi connectivity index (χ2v) is 13.5. The first-order valence-electron chi connectivity index (χ1n) is 17.5. The molecule has 0 bridgehead atoms. The third kappa shape index (κ3) is 4.55. The van der Waals surface area contributed by atoms with E-state index in [0.717, 1.165) is 49.8 Å². The van der Waals surface area contributed by atoms with E-state index in [0.29, 0.717) is 5.95 Å². The molecule has 0 radical (unpaired) electrons. The number of rotatable bonds is 4. The standard InChI is InChI=1S/C46H33N5/c1-28-13-3-5-15-32(28)41-29(2)45-42(35-18-8-7-17-34(35)41)36-23-22-31(38-19-9-11-25-47-38)27-40(36)51(45)46-49-43-33-16-6-4-14-30(33)21-24-37(43)44(50-46)39-20-10-12-26-48-39/h3-27,29,41H,1-2H3. The molecule has 5 aromatic carbocycles. The highest BCUT2D eigenvalue weighted by Crippen LogP contribution is 2.54. The molecule has 0 aliphatic heterocycles. The lowest BCUT2D eigenvalue weighted by molar-refractivity contribution is 0.616. The van der Waals surface area contributed by atoms with Gasteiger partial charge in [-0.1, -0.05) is 110 Å². The maximum atomic E-state index is 5.51. The molecule has 5 nitrogen and oxygen atoms in total. The molecule has 51 heavy (non-hydrogen) atoms. The first kappa shape index (κ1) is 29.5. The Labute approximate surface area is 296 Å². The fourth-order valence-corrected chi connectivity index (χ4v) is 8.38. The lowest BCUT2D eigenvalue weighted by atomic mass is 9.71. The number of pyridine rings is 2. The zero-order valence-corrected chi connectivity index (χ0v) is 28.3. The smallest absolute Gasteiger partial charge is 0.235 e. The average molecular weight is 656 g/mol. The minimum atomic E-state index is 0.104. The number of aryl methyl sites for hydroxylation is 1. The van der Waals surface area contributed by atoms with Crippen LogP contribution in [0.15, 0.2) is 152 Å². The van der Waals surface area contributed by atoms with Crippen LogP contribution in [0.1, 0.15) is 41.1 Å². The first-order chi connectivity index (χ1) is 25.2. The topological polar surface area (TPSA) is 56.5 Å². The molecule has 0 amide bonds. The molecular weight excluding hydrogens is 623 g/mol. The van der Waals surface area contributed by atoms with Gasteiger partial charge < -0.3 is 0 Å². The average Bonchev–Trinajstić information content (AvgIpc) is 3.54. The molecule has 9 aromatic rings. The van der Waals surface area contributed by atoms with Gasteiger partial charge in [-0.05, 0) is 71.0 Å². The van der Waals surface area contributed by atoms with E-state index in [1.165, 1.54) is 38.9 Å². The Kier molecular flexibility index (Phi) is 6.68. The molecule has 5 heteroatoms. The predicted octanol–water partition coefficient (Wildman–Crippen LogP) is 11.1. The Morgan fingerprint density at radius 3 is 2.10 bits per heavy atom. The Hall–Kier alpha value is -6.46. The summed E-state index contributed by atoms with van der Waals surface area (Å²) < 4.78 is 2.34. The molecule has 0 N–H and O–H groups in total. The lowest BCUT2D eigenvalue weighted by Crippen LogP contribution is -2.20. The van der Waals surface area contributed by atoms with Gasteiger partial charge in [0.25, 0.3) is 0 Å². The van der Waals surface area contributed by atoms with Gasteiger partial charge in [-0.25, -0.2) is 9.97 Å². The van der Waals surface area contributed by atoms with E-state index >= 15 is 0 Å². The van der Waals surface area contributed by atoms with Gasteiger partial charge in [0.15, 0.2) is 0 Å². The van der Waals surface area contributed by atoms with Crippen molar-refractivity contribution in [3.05, 3.63) is 174 Å². The van der Waals surface area contributed by atoms with E-state index in [9.17, 15) is 0 Å². The fourth-order valence-electron chi connectivity index (χ4n) is 8.38. The highest BCUT2D eigenvalue weighted by atomic mass is 15.2. The van der Waals surface area contributed by atoms with Crippen molar-refractivity contribution in [1.82, 2.24) is 24.5 Å². The monoisotopic (exact) mass is 655 g/mol. The van der Waals surface area contributed by atoms with E-state index in [-0.39, 0.29) is 11.8 Å². The fraction of sp³-hybridized carbons (Fsp3) is 0.0870. The minimum absolute atomic E-state index is 0.104. The molecule has 1 aliphatic rings. The van der Waals surface area contributed by atoms with Gasteiger partial charge in [-0.15, -0.1) is 0 Å². The highest BCUT2D eigenvalue weighted by molar-refractivity contribution is 6.09. The zero-order valence-electron chi connectivity index (χ0n) is 28.3. The predicted molar refractivity (Wildman–Crippen MR) is 207 cm³/mol. The van der Waals surface area contributed by atoms with Gasteiger partial charge >= 0.3 is 0 Å². The SMILES string of the molecule is Cc1ccccc1C1c2ccccc2-c2c(n(-c3nc(-c4ccccn4)c4ccc5ccccc5c4n3)c3cc(-c4ccccn4)ccc23)C1C. The molecular formula is C46H33N5. The second-order valence-electron chi connectivity index (χ2n) is 13.5. The number of aromatic nitrogens is 5. The van der Waals surface area contributed by atoms with Crippen molar-refractivity contribution in [3.63, 3.8) is 0 Å². The van der Waals surface area contributed by atoms with Crippen LogP contribution < -0.4 is 0 Å². The van der Waals surface area contributed by atoms with Crippen molar-refractivity contribution in [2.45, 2.75) is 25.7 Å². The van der Waals surface area contributed by atoms with Crippen molar-refractivity contribution in [3.8, 4) is 39.7 Å². The van der Waals surface area contributed by atoms with E-state index in [1.54, 1.807) is 0 Å². The van der Waals surface area contributed by atoms with Gasteiger partial charge in [0.1, 0.15) is 5.69 Å². The van der Waals surface area contributed by atoms with Crippen LogP contribution in [0.2, 0.25) is 0 Å². The number of benzene rings is 5. The van der Waals surface area contributed by atoms with Gasteiger partial charge in [0, 0.05) is 57.2 Å². The quantitative estimate of drug-likeness (QED) is 0.177. The van der Waals surface area contributed by atoms with Crippen LogP contribution >= 0.6 is 0 Å². The molecule has 10 rings (SSSR count). The van der Waals surface area contributed by atoms with Crippen molar-refractivity contribution in [2.75, 3.05) is 0 Å². The van der Waals surface area contributed by atoms with Crippen LogP contribution in [0.5, 0.6) is 0 Å². The van der Waals surface area contributed by atoms with Crippen LogP contribution in [0.4, 0.5) is 0 Å². The summed E-state index contributed by atoms with van der Waals surface area (Å²) in [5.41, 5.74) is 13.3. The third-order valence-electron chi connectivity index (χ3n) is 10.7. The largest absolute Gasteiger partial charge is 0.281 e. The van der Waals surface area contributed by atoms with Crippen LogP contribution in [0.3, 0.4) is 0 Å². The number of nitrogens with zero attached hydrogens (tertiary/aromatic N) is 5. The number of hydrogen-bond donors (Lipinski definition) is 0. The van der Waals surface area contributed by atoms with Crippen LogP contribution in [-0.2, 0) is 0 Å². The van der Waals surface area contributed by atoms with Crippen molar-refractivity contribution in [1.29, 1.82) is 0 Å². The Morgan fingerprint density at radius 1 is 0.588 bits per heavy atom. The van der Waals surface area contributed by atoms with Gasteiger partial charge in [-0.2, -0.15) is 0 Å². The maximum absolute atomic E-state index is 5.51. The molecule has 2 unspecified atom stereocenters. The molecule has 4 heterocycles. The molecule has 0 saturated heterocycles. The number of fused-ring (bicyclic) bond motifs is 8. The summed E-state index contributed by atoms with van der Waals surface area (Å²) >= 11 is 0. The molecule has 0 saturated carbocycles. The van der Waals surface area contributed by atoms with Gasteiger partial charge in [0.05, 0.1) is 22.4 Å². The third-order valence-corrected chi connectivity index (χ3v) is 10.7. The summed E-state index contributed by atoms with van der Waals surface area (Å²) in [5.74, 6) is 0.885. The van der Waals surface area contributed by atoms with Crippen LogP contribution in [0, 0.1) is 6.92 Å². The lowest BCUT2D eigenvalue weighted by Gasteiger charge is -2.34. The zero-order chi connectivity index (χ0) is 34.1. The van der Waals surface area contributed by atoms with E-state index in [1.807, 2.05) is 42.7 Å². The van der Waals surface area contributed by atoms with Crippen LogP contribution in [-0.4, -0.2) is 24.5 Å². The van der Waals surface area contributed by atoms with Crippen molar-refractivity contribution < 1.29 is 0 Å². The van der Waals surface area contributed by atoms with E-state index < -0.39 is 0 Å². The molecule has 0 spiro atoms. The van der Waals surface area contributed by atoms with Crippen molar-refractivity contribution in [2.24, 2.45) is 0 Å². The minimum Gasteiger partial charge on any atom is -0.281 e. The van der Waals surface area contributed by atoms with Crippen molar-refractivity contribution >= 4 is 32.6 Å². The van der Waals surface area contributed by atoms with Gasteiger partial charge in [0.2, 0.25) is 5.95 Å². The van der Waals surface area contributed by atoms with E-state index in [2.05, 4.69) is 128 Å². The molecule has 4 aromatic heterocycles. The number of hydrogen-bond acceptors (Lipinski definition) is 4. The summed E-state index contributed by atoms with van der Waals surface area (Å²) in [6.45, 7) is 4.60. The van der Waals surface area contributed by atoms with Crippen LogP contribution in [0.25, 0.3) is 72.3 Å². The van der Waals surface area contributed by atoms with E-state index in [4.69, 9.17) is 19.9 Å². The Balaban J connectivity index is 1.36. The summed E-state index contributed by atoms with van der Waals surface area (Å²) in [6.07, 6.45) is 3.69. The normalized spacial score (nSPS) is 15.3. The maximum Gasteiger partial charge on any atom is 0.235 e. The second kappa shape index (κ2) is 11.6. The molecule has 242 valence electrons. The summed E-state index contributed by atoms with van der Waals surface area (Å²) in [4.78, 5) is 20.5. The Morgan fingerprint density at radius 2 is 1.29 bits per heavy atom.